The summed E-state index contributed by atoms with van der Waals surface area (Å²) in [6.07, 6.45) is 2.29. The zero-order chi connectivity index (χ0) is 16.8. The van der Waals surface area contributed by atoms with Crippen molar-refractivity contribution in [2.45, 2.75) is 51.8 Å². The van der Waals surface area contributed by atoms with E-state index in [1.807, 2.05) is 44.2 Å². The van der Waals surface area contributed by atoms with Crippen LogP contribution in [0.25, 0.3) is 0 Å². The van der Waals surface area contributed by atoms with Gasteiger partial charge in [-0.3, -0.25) is 4.79 Å². The Morgan fingerprint density at radius 3 is 2.70 bits per heavy atom. The Kier molecular flexibility index (Phi) is 6.16. The van der Waals surface area contributed by atoms with E-state index < -0.39 is 12.1 Å². The molecule has 1 aliphatic heterocycles. The van der Waals surface area contributed by atoms with Gasteiger partial charge in [-0.1, -0.05) is 50.6 Å². The molecule has 1 saturated heterocycles. The summed E-state index contributed by atoms with van der Waals surface area (Å²) in [5.41, 5.74) is 6.97. The van der Waals surface area contributed by atoms with E-state index in [1.165, 1.54) is 0 Å². The van der Waals surface area contributed by atoms with E-state index in [0.29, 0.717) is 13.0 Å². The number of nitrogens with two attached hydrogens (primary N) is 1. The minimum atomic E-state index is -0.553. The van der Waals surface area contributed by atoms with Crippen molar-refractivity contribution >= 4 is 11.9 Å². The molecule has 1 aromatic carbocycles. The van der Waals surface area contributed by atoms with Crippen LogP contribution in [-0.4, -0.2) is 35.4 Å². The summed E-state index contributed by atoms with van der Waals surface area (Å²) in [7, 11) is 0. The molecule has 0 saturated carbocycles. The monoisotopic (exact) mass is 318 g/mol. The lowest BCUT2D eigenvalue weighted by molar-refractivity contribution is -0.155. The summed E-state index contributed by atoms with van der Waals surface area (Å²) in [5, 5.41) is 0. The van der Waals surface area contributed by atoms with Crippen LogP contribution < -0.4 is 5.73 Å². The third-order valence-corrected chi connectivity index (χ3v) is 4.57. The maximum absolute atomic E-state index is 12.5. The van der Waals surface area contributed by atoms with E-state index in [9.17, 15) is 9.59 Å². The number of nitrogens with zero attached hydrogens (tertiary/aromatic N) is 1. The molecule has 5 heteroatoms. The highest BCUT2D eigenvalue weighted by Crippen LogP contribution is 2.21. The van der Waals surface area contributed by atoms with Crippen molar-refractivity contribution in [1.82, 2.24) is 4.90 Å². The molecule has 0 aliphatic carbocycles. The minimum Gasteiger partial charge on any atom is -0.459 e. The number of hydrogen-bond donors (Lipinski definition) is 1. The quantitative estimate of drug-likeness (QED) is 0.815. The lowest BCUT2D eigenvalue weighted by Crippen LogP contribution is -2.51. The molecule has 0 aromatic heterocycles. The van der Waals surface area contributed by atoms with Crippen molar-refractivity contribution in [3.8, 4) is 0 Å². The summed E-state index contributed by atoms with van der Waals surface area (Å²) in [6, 6.07) is 8.48. The first-order chi connectivity index (χ1) is 11.0. The fourth-order valence-corrected chi connectivity index (χ4v) is 2.79. The second-order valence-corrected chi connectivity index (χ2v) is 6.19. The number of esters is 1. The van der Waals surface area contributed by atoms with Crippen LogP contribution >= 0.6 is 0 Å². The van der Waals surface area contributed by atoms with Gasteiger partial charge in [-0.2, -0.15) is 0 Å². The third-order valence-electron chi connectivity index (χ3n) is 4.57. The van der Waals surface area contributed by atoms with Gasteiger partial charge in [-0.25, -0.2) is 4.79 Å². The van der Waals surface area contributed by atoms with Gasteiger partial charge in [0.2, 0.25) is 5.91 Å². The van der Waals surface area contributed by atoms with E-state index >= 15 is 0 Å². The molecule has 1 amide bonds. The Bertz CT molecular complexity index is 532. The van der Waals surface area contributed by atoms with Gasteiger partial charge in [-0.15, -0.1) is 0 Å². The van der Waals surface area contributed by atoms with Gasteiger partial charge in [-0.05, 0) is 24.3 Å². The Hall–Kier alpha value is -1.88. The van der Waals surface area contributed by atoms with Crippen molar-refractivity contribution in [1.29, 1.82) is 0 Å². The van der Waals surface area contributed by atoms with E-state index in [-0.39, 0.29) is 24.4 Å². The van der Waals surface area contributed by atoms with Crippen LogP contribution in [0.5, 0.6) is 0 Å². The number of carbonyl (C=O) groups is 2. The van der Waals surface area contributed by atoms with Crippen LogP contribution in [0.4, 0.5) is 0 Å². The first-order valence-electron chi connectivity index (χ1n) is 8.31. The molecular weight excluding hydrogens is 292 g/mol. The Balaban J connectivity index is 1.95. The smallest absolute Gasteiger partial charge is 0.329 e. The summed E-state index contributed by atoms with van der Waals surface area (Å²) < 4.78 is 5.39. The second-order valence-electron chi connectivity index (χ2n) is 6.19. The molecule has 3 atom stereocenters. The van der Waals surface area contributed by atoms with Gasteiger partial charge in [0.15, 0.2) is 0 Å². The first-order valence-corrected chi connectivity index (χ1v) is 8.31. The van der Waals surface area contributed by atoms with E-state index in [4.69, 9.17) is 10.5 Å². The van der Waals surface area contributed by atoms with Crippen LogP contribution in [0.3, 0.4) is 0 Å². The number of likely N-dealkylation sites (tertiary alicyclic amines) is 1. The minimum absolute atomic E-state index is 0.101. The average Bonchev–Trinajstić information content (AvgIpc) is 3.08. The van der Waals surface area contributed by atoms with Crippen molar-refractivity contribution < 1.29 is 14.3 Å². The second kappa shape index (κ2) is 8.11. The molecule has 23 heavy (non-hydrogen) atoms. The van der Waals surface area contributed by atoms with Crippen LogP contribution in [0.1, 0.15) is 38.7 Å². The number of hydrogen-bond acceptors (Lipinski definition) is 4. The van der Waals surface area contributed by atoms with Gasteiger partial charge >= 0.3 is 5.97 Å². The molecular formula is C18H26N2O3. The van der Waals surface area contributed by atoms with Gasteiger partial charge < -0.3 is 15.4 Å². The molecule has 0 radical (unpaired) electrons. The van der Waals surface area contributed by atoms with E-state index in [1.54, 1.807) is 4.90 Å². The molecule has 0 spiro atoms. The molecule has 1 heterocycles. The first kappa shape index (κ1) is 17.5. The summed E-state index contributed by atoms with van der Waals surface area (Å²) in [5.74, 6) is -0.376. The summed E-state index contributed by atoms with van der Waals surface area (Å²) >= 11 is 0. The molecule has 0 bridgehead atoms. The zero-order valence-electron chi connectivity index (χ0n) is 13.9. The Morgan fingerprint density at radius 2 is 2.04 bits per heavy atom. The van der Waals surface area contributed by atoms with Gasteiger partial charge in [0, 0.05) is 6.54 Å². The predicted molar refractivity (Wildman–Crippen MR) is 88.4 cm³/mol. The topological polar surface area (TPSA) is 72.6 Å². The standard InChI is InChI=1S/C18H26N2O3/c1-3-13(2)16(19)17(21)20-11-7-10-15(20)18(22)23-12-14-8-5-4-6-9-14/h4-6,8-9,13,15-16H,3,7,10-12,19H2,1-2H3/t13?,15-,16+/m1/s1. The molecule has 1 aliphatic rings. The van der Waals surface area contributed by atoms with Crippen LogP contribution in [0, 0.1) is 5.92 Å². The predicted octanol–water partition coefficient (Wildman–Crippen LogP) is 2.09. The van der Waals surface area contributed by atoms with Crippen LogP contribution in [0.2, 0.25) is 0 Å². The maximum atomic E-state index is 12.5. The lowest BCUT2D eigenvalue weighted by Gasteiger charge is -2.28. The van der Waals surface area contributed by atoms with Crippen molar-refractivity contribution in [3.05, 3.63) is 35.9 Å². The number of ether oxygens (including phenoxy) is 1. The Labute approximate surface area is 137 Å². The summed E-state index contributed by atoms with van der Waals surface area (Å²) in [6.45, 7) is 4.78. The maximum Gasteiger partial charge on any atom is 0.329 e. The van der Waals surface area contributed by atoms with Crippen LogP contribution in [-0.2, 0) is 20.9 Å². The number of carbonyl (C=O) groups excluding carboxylic acids is 2. The highest BCUT2D eigenvalue weighted by Gasteiger charge is 2.38. The lowest BCUT2D eigenvalue weighted by atomic mass is 9.98. The van der Waals surface area contributed by atoms with Crippen molar-refractivity contribution in [2.75, 3.05) is 6.54 Å². The van der Waals surface area contributed by atoms with Gasteiger partial charge in [0.25, 0.3) is 0 Å². The fourth-order valence-electron chi connectivity index (χ4n) is 2.79. The van der Waals surface area contributed by atoms with Gasteiger partial charge in [0.05, 0.1) is 6.04 Å². The Morgan fingerprint density at radius 1 is 1.35 bits per heavy atom. The highest BCUT2D eigenvalue weighted by atomic mass is 16.5. The summed E-state index contributed by atoms with van der Waals surface area (Å²) in [4.78, 5) is 26.5. The number of rotatable bonds is 6. The van der Waals surface area contributed by atoms with Crippen molar-refractivity contribution in [2.24, 2.45) is 11.7 Å². The van der Waals surface area contributed by atoms with E-state index in [0.717, 1.165) is 18.4 Å². The van der Waals surface area contributed by atoms with Crippen LogP contribution in [0.15, 0.2) is 30.3 Å². The largest absolute Gasteiger partial charge is 0.459 e. The molecule has 2 N–H and O–H groups in total. The fraction of sp³-hybridized carbons (Fsp3) is 0.556. The highest BCUT2D eigenvalue weighted by molar-refractivity contribution is 5.88. The SMILES string of the molecule is CCC(C)[C@H](N)C(=O)N1CCC[C@@H]1C(=O)OCc1ccccc1. The van der Waals surface area contributed by atoms with Crippen molar-refractivity contribution in [3.63, 3.8) is 0 Å². The number of benzene rings is 1. The molecule has 126 valence electrons. The van der Waals surface area contributed by atoms with E-state index in [2.05, 4.69) is 0 Å². The normalized spacial score (nSPS) is 20.1. The molecule has 1 aromatic rings. The molecule has 1 unspecified atom stereocenters. The molecule has 2 rings (SSSR count). The number of amides is 1. The third kappa shape index (κ3) is 4.32. The zero-order valence-corrected chi connectivity index (χ0v) is 13.9. The molecule has 1 fully saturated rings. The average molecular weight is 318 g/mol. The van der Waals surface area contributed by atoms with Gasteiger partial charge in [0.1, 0.15) is 12.6 Å². The molecule has 5 nitrogen and oxygen atoms in total.